The Kier molecular flexibility index (Phi) is 4.26. The van der Waals surface area contributed by atoms with Gasteiger partial charge < -0.3 is 30.0 Å². The van der Waals surface area contributed by atoms with E-state index in [1.807, 2.05) is 0 Å². The third kappa shape index (κ3) is 2.91. The topological polar surface area (TPSA) is 149 Å². The SMILES string of the molecule is Nc1nc2c(ncn2[C@@H]2O[C@H](CO[PH](=O)O)C[C@@H]2O)c(=S)[nH]1. The average molecular weight is 347 g/mol. The van der Waals surface area contributed by atoms with Gasteiger partial charge in [-0.1, -0.05) is 12.2 Å². The molecule has 10 nitrogen and oxygen atoms in total. The van der Waals surface area contributed by atoms with Crippen molar-refractivity contribution in [2.75, 3.05) is 12.3 Å². The van der Waals surface area contributed by atoms with Gasteiger partial charge in [-0.25, -0.2) is 4.98 Å². The Morgan fingerprint density at radius 2 is 2.45 bits per heavy atom. The molecule has 1 fully saturated rings. The Labute approximate surface area is 129 Å². The third-order valence-corrected chi connectivity index (χ3v) is 3.99. The van der Waals surface area contributed by atoms with E-state index in [0.29, 0.717) is 15.8 Å². The quantitative estimate of drug-likeness (QED) is 0.447. The van der Waals surface area contributed by atoms with Crippen molar-refractivity contribution in [2.45, 2.75) is 24.9 Å². The van der Waals surface area contributed by atoms with E-state index >= 15 is 0 Å². The molecule has 3 heterocycles. The van der Waals surface area contributed by atoms with Crippen LogP contribution in [0.25, 0.3) is 11.2 Å². The van der Waals surface area contributed by atoms with Gasteiger partial charge in [0.05, 0.1) is 19.0 Å². The van der Waals surface area contributed by atoms with Crippen LogP contribution in [0, 0.1) is 4.64 Å². The molecule has 0 bridgehead atoms. The summed E-state index contributed by atoms with van der Waals surface area (Å²) < 4.78 is 22.8. The number of H-pyrrole nitrogens is 1. The second-order valence-corrected chi connectivity index (χ2v) is 6.03. The monoisotopic (exact) mass is 347 g/mol. The van der Waals surface area contributed by atoms with Crippen molar-refractivity contribution in [1.29, 1.82) is 0 Å². The summed E-state index contributed by atoms with van der Waals surface area (Å²) in [4.78, 5) is 19.6. The summed E-state index contributed by atoms with van der Waals surface area (Å²) in [7, 11) is -3.03. The number of aromatic amines is 1. The maximum Gasteiger partial charge on any atom is 0.316 e. The fraction of sp³-hybridized carbons (Fsp3) is 0.500. The lowest BCUT2D eigenvalue weighted by Crippen LogP contribution is -2.19. The first-order valence-electron chi connectivity index (χ1n) is 6.37. The van der Waals surface area contributed by atoms with E-state index in [1.165, 1.54) is 10.9 Å². The van der Waals surface area contributed by atoms with Gasteiger partial charge in [-0.3, -0.25) is 9.13 Å². The lowest BCUT2D eigenvalue weighted by Gasteiger charge is -2.16. The van der Waals surface area contributed by atoms with Gasteiger partial charge in [-0.2, -0.15) is 4.98 Å². The van der Waals surface area contributed by atoms with Crippen LogP contribution in [0.2, 0.25) is 0 Å². The number of imidazole rings is 1. The number of nitrogens with one attached hydrogen (secondary N) is 1. The summed E-state index contributed by atoms with van der Waals surface area (Å²) in [6.45, 7) is -0.0792. The van der Waals surface area contributed by atoms with Gasteiger partial charge in [0.25, 0.3) is 0 Å². The van der Waals surface area contributed by atoms with Crippen LogP contribution in [-0.4, -0.2) is 48.3 Å². The number of aliphatic hydroxyl groups is 1. The summed E-state index contributed by atoms with van der Waals surface area (Å²) in [5.74, 6) is 0.130. The summed E-state index contributed by atoms with van der Waals surface area (Å²) >= 11 is 5.12. The van der Waals surface area contributed by atoms with Crippen LogP contribution in [0.3, 0.4) is 0 Å². The molecule has 0 aromatic carbocycles. The molecule has 1 aliphatic rings. The maximum absolute atomic E-state index is 10.6. The standard InChI is InChI=1S/C10H14N5O5PS/c11-10-13-7-6(8(22)14-10)12-3-15(7)9-5(16)1-4(20-9)2-19-21(17)18/h3-5,9,16,21H,1-2H2,(H,17,18)(H3,11,13,14,22)/t4-,5-,9+/m0/s1. The van der Waals surface area contributed by atoms with E-state index in [2.05, 4.69) is 19.5 Å². The summed E-state index contributed by atoms with van der Waals surface area (Å²) in [6, 6.07) is 0. The number of aliphatic hydroxyl groups excluding tert-OH is 1. The molecular weight excluding hydrogens is 333 g/mol. The normalized spacial score (nSPS) is 26.5. The Hall–Kier alpha value is -1.36. The number of aromatic nitrogens is 4. The fourth-order valence-corrected chi connectivity index (χ4v) is 2.96. The minimum absolute atomic E-state index is 0.0792. The predicted molar refractivity (Wildman–Crippen MR) is 78.8 cm³/mol. The molecule has 12 heteroatoms. The Bertz CT molecular complexity index is 779. The second-order valence-electron chi connectivity index (χ2n) is 4.80. The number of rotatable bonds is 4. The van der Waals surface area contributed by atoms with Crippen molar-refractivity contribution in [2.24, 2.45) is 0 Å². The van der Waals surface area contributed by atoms with Crippen molar-refractivity contribution in [3.05, 3.63) is 11.0 Å². The Balaban J connectivity index is 1.88. The molecule has 2 aromatic heterocycles. The van der Waals surface area contributed by atoms with Crippen LogP contribution >= 0.6 is 20.5 Å². The summed E-state index contributed by atoms with van der Waals surface area (Å²) in [6.07, 6.45) is -0.383. The van der Waals surface area contributed by atoms with Gasteiger partial charge >= 0.3 is 8.25 Å². The molecule has 1 aliphatic heterocycles. The molecule has 22 heavy (non-hydrogen) atoms. The summed E-state index contributed by atoms with van der Waals surface area (Å²) in [5.41, 5.74) is 6.47. The molecule has 5 N–H and O–H groups in total. The van der Waals surface area contributed by atoms with Crippen LogP contribution in [0.1, 0.15) is 12.6 Å². The number of hydrogen-bond donors (Lipinski definition) is 4. The van der Waals surface area contributed by atoms with Crippen LogP contribution in [0.15, 0.2) is 6.33 Å². The number of ether oxygens (including phenoxy) is 1. The molecule has 0 amide bonds. The van der Waals surface area contributed by atoms with Crippen molar-refractivity contribution in [3.8, 4) is 0 Å². The van der Waals surface area contributed by atoms with Crippen LogP contribution in [0.5, 0.6) is 0 Å². The zero-order valence-electron chi connectivity index (χ0n) is 11.2. The van der Waals surface area contributed by atoms with Gasteiger partial charge in [0, 0.05) is 6.42 Å². The van der Waals surface area contributed by atoms with Crippen molar-refractivity contribution in [3.63, 3.8) is 0 Å². The van der Waals surface area contributed by atoms with Crippen LogP contribution in [-0.2, 0) is 13.8 Å². The number of nitrogens with two attached hydrogens (primary N) is 1. The molecule has 120 valence electrons. The number of nitrogen functional groups attached to an aromatic ring is 1. The smallest absolute Gasteiger partial charge is 0.316 e. The molecule has 0 saturated carbocycles. The molecule has 1 unspecified atom stereocenters. The summed E-state index contributed by atoms with van der Waals surface area (Å²) in [5, 5.41) is 10.1. The van der Waals surface area contributed by atoms with E-state index < -0.39 is 26.7 Å². The van der Waals surface area contributed by atoms with E-state index in [9.17, 15) is 9.67 Å². The highest BCUT2D eigenvalue weighted by Gasteiger charge is 2.36. The van der Waals surface area contributed by atoms with Crippen LogP contribution < -0.4 is 5.73 Å². The van der Waals surface area contributed by atoms with E-state index in [4.69, 9.17) is 27.6 Å². The highest BCUT2D eigenvalue weighted by molar-refractivity contribution is 7.71. The first-order chi connectivity index (χ1) is 10.5. The van der Waals surface area contributed by atoms with Gasteiger partial charge in [0.1, 0.15) is 16.3 Å². The van der Waals surface area contributed by atoms with Crippen molar-refractivity contribution in [1.82, 2.24) is 19.5 Å². The first kappa shape index (κ1) is 15.5. The predicted octanol–water partition coefficient (Wildman–Crippen LogP) is 0.118. The number of hydrogen-bond acceptors (Lipinski definition) is 8. The molecule has 0 radical (unpaired) electrons. The lowest BCUT2D eigenvalue weighted by atomic mass is 10.2. The van der Waals surface area contributed by atoms with Gasteiger partial charge in [-0.05, 0) is 0 Å². The Morgan fingerprint density at radius 1 is 1.68 bits per heavy atom. The molecule has 0 spiro atoms. The Morgan fingerprint density at radius 3 is 3.18 bits per heavy atom. The van der Waals surface area contributed by atoms with Gasteiger partial charge in [0.15, 0.2) is 11.9 Å². The molecule has 0 aliphatic carbocycles. The fourth-order valence-electron chi connectivity index (χ4n) is 2.38. The zero-order valence-corrected chi connectivity index (χ0v) is 13.0. The minimum Gasteiger partial charge on any atom is -0.388 e. The van der Waals surface area contributed by atoms with Gasteiger partial charge in [0.2, 0.25) is 5.95 Å². The molecule has 2 aromatic rings. The molecular formula is C10H14N5O5PS. The maximum atomic E-state index is 10.6. The second kappa shape index (κ2) is 6.03. The van der Waals surface area contributed by atoms with E-state index in [-0.39, 0.29) is 19.0 Å². The third-order valence-electron chi connectivity index (χ3n) is 3.28. The van der Waals surface area contributed by atoms with Crippen molar-refractivity contribution < 1.29 is 23.8 Å². The zero-order chi connectivity index (χ0) is 15.9. The highest BCUT2D eigenvalue weighted by Crippen LogP contribution is 2.32. The molecule has 4 atom stereocenters. The lowest BCUT2D eigenvalue weighted by molar-refractivity contribution is -0.0459. The van der Waals surface area contributed by atoms with Crippen LogP contribution in [0.4, 0.5) is 5.95 Å². The molecule has 3 rings (SSSR count). The number of anilines is 1. The van der Waals surface area contributed by atoms with E-state index in [0.717, 1.165) is 0 Å². The molecule has 1 saturated heterocycles. The van der Waals surface area contributed by atoms with Crippen molar-refractivity contribution >= 4 is 37.6 Å². The number of nitrogens with zero attached hydrogens (tertiary/aromatic N) is 3. The van der Waals surface area contributed by atoms with E-state index in [1.54, 1.807) is 0 Å². The first-order valence-corrected chi connectivity index (χ1v) is 8.04. The minimum atomic E-state index is -3.03. The highest BCUT2D eigenvalue weighted by atomic mass is 32.1. The van der Waals surface area contributed by atoms with Gasteiger partial charge in [-0.15, -0.1) is 0 Å². The largest absolute Gasteiger partial charge is 0.388 e. The average Bonchev–Trinajstić information content (AvgIpc) is 3.00. The number of fused-ring (bicyclic) bond motifs is 1.